The Balaban J connectivity index is 2.31. The van der Waals surface area contributed by atoms with Gasteiger partial charge in [-0.2, -0.15) is 0 Å². The Morgan fingerprint density at radius 3 is 2.95 bits per heavy atom. The summed E-state index contributed by atoms with van der Waals surface area (Å²) >= 11 is 0. The van der Waals surface area contributed by atoms with Crippen LogP contribution in [0, 0.1) is 0 Å². The first-order chi connectivity index (χ1) is 15.9. The van der Waals surface area contributed by atoms with E-state index in [2.05, 4.69) is 0 Å². The van der Waals surface area contributed by atoms with Gasteiger partial charge >= 0.3 is 0 Å². The molecule has 1 aliphatic heterocycles. The van der Waals surface area contributed by atoms with Crippen molar-refractivity contribution in [2.24, 2.45) is 0 Å². The van der Waals surface area contributed by atoms with E-state index in [1.165, 1.54) is 0 Å². The van der Waals surface area contributed by atoms with Crippen molar-refractivity contribution in [1.82, 2.24) is 5.32 Å². The molecule has 3 rings (SSSR count). The zero-order chi connectivity index (χ0) is 28.0. The van der Waals surface area contributed by atoms with Crippen molar-refractivity contribution in [3.05, 3.63) is 23.7 Å². The van der Waals surface area contributed by atoms with Crippen LogP contribution in [0.2, 0.25) is 0 Å². The highest BCUT2D eigenvalue weighted by atomic mass is 16.5. The zero-order valence-corrected chi connectivity index (χ0v) is 10.1. The van der Waals surface area contributed by atoms with Crippen LogP contribution in [-0.4, -0.2) is 25.5 Å². The van der Waals surface area contributed by atoms with E-state index in [0.29, 0.717) is 0 Å². The van der Waals surface area contributed by atoms with Crippen molar-refractivity contribution in [1.29, 1.82) is 0 Å². The summed E-state index contributed by atoms with van der Waals surface area (Å²) in [6.45, 7) is -2.52. The van der Waals surface area contributed by atoms with Crippen LogP contribution in [0.3, 0.4) is 0 Å². The maximum Gasteiger partial charge on any atom is 0.220 e. The lowest BCUT2D eigenvalue weighted by molar-refractivity contribution is -0.119. The molecule has 1 unspecified atom stereocenters. The topological polar surface area (TPSA) is 47.6 Å². The summed E-state index contributed by atoms with van der Waals surface area (Å²) in [5.74, 6) is -4.63. The van der Waals surface area contributed by atoms with Gasteiger partial charge in [0.2, 0.25) is 5.91 Å². The molecule has 4 heteroatoms. The first-order valence-electron chi connectivity index (χ1n) is 13.7. The highest BCUT2D eigenvalue weighted by molar-refractivity contribution is 5.79. The predicted molar refractivity (Wildman–Crippen MR) is 76.2 cm³/mol. The predicted octanol–water partition coefficient (Wildman–Crippen LogP) is 2.62. The Bertz CT molecular complexity index is 1070. The minimum Gasteiger partial charge on any atom is -0.493 e. The van der Waals surface area contributed by atoms with Gasteiger partial charge in [-0.1, -0.05) is 6.04 Å². The second-order valence-corrected chi connectivity index (χ2v) is 4.03. The summed E-state index contributed by atoms with van der Waals surface area (Å²) in [7, 11) is -3.31. The molecule has 0 radical (unpaired) electrons. The second-order valence-electron chi connectivity index (χ2n) is 4.03. The Labute approximate surface area is 141 Å². The summed E-state index contributed by atoms with van der Waals surface area (Å²) in [5.41, 5.74) is -0.624. The molecular weight excluding hydrogens is 254 g/mol. The lowest BCUT2D eigenvalue weighted by atomic mass is 9.98. The lowest BCUT2D eigenvalue weighted by Crippen LogP contribution is -2.14. The normalized spacial score (nSPS) is 47.8. The van der Waals surface area contributed by atoms with Crippen molar-refractivity contribution in [2.75, 3.05) is 13.5 Å². The fourth-order valence-electron chi connectivity index (χ4n) is 1.77. The highest BCUT2D eigenvalue weighted by Crippen LogP contribution is 2.35. The maximum atomic E-state index is 11.8. The smallest absolute Gasteiger partial charge is 0.220 e. The number of carbonyl (C=O) groups is 1. The summed E-state index contributed by atoms with van der Waals surface area (Å²) in [4.78, 5) is 11.8. The zero-order valence-electron chi connectivity index (χ0n) is 26.1. The highest BCUT2D eigenvalue weighted by Gasteiger charge is 2.25. The number of amides is 1. The van der Waals surface area contributed by atoms with Crippen LogP contribution in [0.5, 0.6) is 11.5 Å². The molecular formula is C16H21NO3. The van der Waals surface area contributed by atoms with E-state index in [1.807, 2.05) is 5.32 Å². The molecule has 0 spiro atoms. The minimum atomic E-state index is -3.48. The molecule has 1 atom stereocenters. The molecule has 1 N–H and O–H groups in total. The maximum absolute atomic E-state index is 11.8. The number of carbonyl (C=O) groups excluding carboxylic acids is 1. The van der Waals surface area contributed by atoms with Crippen molar-refractivity contribution in [3.8, 4) is 11.5 Å². The molecule has 1 saturated carbocycles. The van der Waals surface area contributed by atoms with Crippen molar-refractivity contribution >= 4 is 5.91 Å². The van der Waals surface area contributed by atoms with Gasteiger partial charge in [0.15, 0.2) is 11.5 Å². The molecule has 20 heavy (non-hydrogen) atoms. The fraction of sp³-hybridized carbons (Fsp3) is 0.562. The van der Waals surface area contributed by atoms with Crippen LogP contribution in [0.15, 0.2) is 18.1 Å². The quantitative estimate of drug-likeness (QED) is 0.927. The largest absolute Gasteiger partial charge is 0.493 e. The molecule has 2 fully saturated rings. The molecule has 1 aromatic rings. The standard InChI is InChI=1S/C16H21NO3/c1-19-14-7-6-11(12-9-16(18)17-10-12)8-15(14)20-13-4-2-3-5-13/h6-8,12-13H,2-5,9-10H2,1H3,(H,17,18)/i1D3,2D2,3D2,4D2,5D2,6D,7D,8D,10D2. The molecule has 2 aliphatic rings. The molecule has 108 valence electrons. The van der Waals surface area contributed by atoms with E-state index < -0.39 is 98.6 Å². The Morgan fingerprint density at radius 2 is 2.25 bits per heavy atom. The average molecular weight is 291 g/mol. The van der Waals surface area contributed by atoms with Crippen LogP contribution in [0.25, 0.3) is 0 Å². The summed E-state index contributed by atoms with van der Waals surface area (Å²) in [6.07, 6.45) is -17.0. The first-order valence-corrected chi connectivity index (χ1v) is 5.72. The number of methoxy groups -OCH3 is 1. The van der Waals surface area contributed by atoms with Crippen LogP contribution in [0.1, 0.15) is 65.3 Å². The van der Waals surface area contributed by atoms with Crippen molar-refractivity contribution in [2.45, 2.75) is 43.9 Å². The van der Waals surface area contributed by atoms with Crippen LogP contribution < -0.4 is 14.8 Å². The number of ether oxygens (including phenoxy) is 2. The molecule has 0 aromatic heterocycles. The van der Waals surface area contributed by atoms with Crippen LogP contribution in [-0.2, 0) is 4.79 Å². The Morgan fingerprint density at radius 1 is 1.40 bits per heavy atom. The molecule has 4 nitrogen and oxygen atoms in total. The number of hydrogen-bond donors (Lipinski definition) is 1. The van der Waals surface area contributed by atoms with Gasteiger partial charge in [-0.3, -0.25) is 4.79 Å². The Kier molecular flexibility index (Phi) is 1.19. The van der Waals surface area contributed by atoms with Gasteiger partial charge in [-0.15, -0.1) is 0 Å². The Hall–Kier alpha value is -1.71. The van der Waals surface area contributed by atoms with E-state index in [4.69, 9.17) is 31.4 Å². The molecule has 1 aliphatic carbocycles. The fourth-order valence-corrected chi connectivity index (χ4v) is 1.77. The number of benzene rings is 1. The molecule has 0 bridgehead atoms. The summed E-state index contributed by atoms with van der Waals surface area (Å²) in [6, 6.07) is -2.99. The van der Waals surface area contributed by atoms with Gasteiger partial charge in [-0.25, -0.2) is 0 Å². The third-order valence-electron chi connectivity index (χ3n) is 2.70. The summed E-state index contributed by atoms with van der Waals surface area (Å²) < 4.78 is 137. The SMILES string of the molecule is [2H]c1c([2H])c(C2CC(=O)NC2([2H])[2H])c([2H])c(OC2C([2H])([2H])C([2H])([2H])C([2H])([2H])C2([2H])[2H])c1OC([2H])([2H])[2H]. The van der Waals surface area contributed by atoms with E-state index >= 15 is 0 Å². The number of hydrogen-bond acceptors (Lipinski definition) is 3. The van der Waals surface area contributed by atoms with Gasteiger partial charge in [0.05, 0.1) is 21.4 Å². The molecule has 1 aromatic carbocycles. The average Bonchev–Trinajstić information content (AvgIpc) is 2.98. The van der Waals surface area contributed by atoms with Crippen molar-refractivity contribution in [3.63, 3.8) is 0 Å². The third kappa shape index (κ3) is 2.74. The second kappa shape index (κ2) is 5.73. The van der Waals surface area contributed by atoms with E-state index in [-0.39, 0.29) is 0 Å². The van der Waals surface area contributed by atoms with Crippen molar-refractivity contribution < 1.29 is 36.2 Å². The van der Waals surface area contributed by atoms with Gasteiger partial charge in [0.1, 0.15) is 0 Å². The van der Waals surface area contributed by atoms with Gasteiger partial charge in [-0.05, 0) is 43.1 Å². The van der Waals surface area contributed by atoms with E-state index in [9.17, 15) is 4.79 Å². The van der Waals surface area contributed by atoms with Gasteiger partial charge < -0.3 is 14.8 Å². The third-order valence-corrected chi connectivity index (χ3v) is 2.70. The van der Waals surface area contributed by atoms with E-state index in [1.54, 1.807) is 0 Å². The van der Waals surface area contributed by atoms with Gasteiger partial charge in [0, 0.05) is 32.5 Å². The molecule has 1 amide bonds. The monoisotopic (exact) mass is 291 g/mol. The molecule has 1 saturated heterocycles. The summed E-state index contributed by atoms with van der Waals surface area (Å²) in [5, 5.41) is 1.99. The van der Waals surface area contributed by atoms with Crippen LogP contribution >= 0.6 is 0 Å². The molecule has 1 heterocycles. The first kappa shape index (κ1) is 4.15. The number of nitrogens with one attached hydrogen (secondary N) is 1. The number of rotatable bonds is 4. The van der Waals surface area contributed by atoms with Gasteiger partial charge in [0.25, 0.3) is 0 Å². The minimum absolute atomic E-state index is 0.584. The lowest BCUT2D eigenvalue weighted by Gasteiger charge is -2.18. The van der Waals surface area contributed by atoms with Crippen LogP contribution in [0.4, 0.5) is 0 Å². The van der Waals surface area contributed by atoms with E-state index in [0.717, 1.165) is 0 Å².